The molecule has 0 heterocycles. The van der Waals surface area contributed by atoms with Gasteiger partial charge in [0.15, 0.2) is 0 Å². The first-order chi connectivity index (χ1) is 15.3. The molecule has 0 saturated carbocycles. The van der Waals surface area contributed by atoms with Gasteiger partial charge in [-0.3, -0.25) is 0 Å². The molecule has 0 fully saturated rings. The zero-order valence-corrected chi connectivity index (χ0v) is 20.7. The van der Waals surface area contributed by atoms with Gasteiger partial charge in [-0.15, -0.1) is 0 Å². The van der Waals surface area contributed by atoms with E-state index in [1.54, 1.807) is 0 Å². The van der Waals surface area contributed by atoms with Gasteiger partial charge in [0.05, 0.1) is 5.75 Å². The van der Waals surface area contributed by atoms with Gasteiger partial charge in [0.25, 0.3) is 0 Å². The number of rotatable bonds is 10. The average Bonchev–Trinajstić information content (AvgIpc) is 2.75. The van der Waals surface area contributed by atoms with Crippen molar-refractivity contribution in [2.75, 3.05) is 12.3 Å². The van der Waals surface area contributed by atoms with Crippen molar-refractivity contribution in [2.24, 2.45) is 0 Å². The SMILES string of the molecule is CCCS(=O)(=O)NC/C=C(/C)c1ccc2c(c1)C(Cc1ccccc1)C(NC(C)C)CC2. The molecule has 0 aliphatic heterocycles. The molecule has 2 unspecified atom stereocenters. The van der Waals surface area contributed by atoms with Crippen molar-refractivity contribution in [3.05, 3.63) is 76.9 Å². The molecule has 0 spiro atoms. The molecular weight excluding hydrogens is 416 g/mol. The summed E-state index contributed by atoms with van der Waals surface area (Å²) in [6, 6.07) is 18.4. The molecule has 0 aromatic heterocycles. The molecule has 174 valence electrons. The van der Waals surface area contributed by atoms with E-state index in [1.807, 2.05) is 13.0 Å². The van der Waals surface area contributed by atoms with E-state index in [0.717, 1.165) is 24.8 Å². The van der Waals surface area contributed by atoms with Gasteiger partial charge in [-0.05, 0) is 60.4 Å². The van der Waals surface area contributed by atoms with Gasteiger partial charge in [0.2, 0.25) is 10.0 Å². The average molecular weight is 455 g/mol. The van der Waals surface area contributed by atoms with Crippen LogP contribution in [0.5, 0.6) is 0 Å². The summed E-state index contributed by atoms with van der Waals surface area (Å²) in [4.78, 5) is 0. The van der Waals surface area contributed by atoms with E-state index in [1.165, 1.54) is 22.3 Å². The van der Waals surface area contributed by atoms with Crippen LogP contribution in [-0.4, -0.2) is 32.8 Å². The minimum Gasteiger partial charge on any atom is -0.311 e. The quantitative estimate of drug-likeness (QED) is 0.528. The Bertz CT molecular complexity index is 1010. The fraction of sp³-hybridized carbons (Fsp3) is 0.481. The van der Waals surface area contributed by atoms with Crippen LogP contribution in [0.25, 0.3) is 5.57 Å². The van der Waals surface area contributed by atoms with Crippen molar-refractivity contribution in [1.82, 2.24) is 10.0 Å². The van der Waals surface area contributed by atoms with Crippen LogP contribution in [0.1, 0.15) is 68.7 Å². The highest BCUT2D eigenvalue weighted by Crippen LogP contribution is 2.36. The third-order valence-corrected chi connectivity index (χ3v) is 7.79. The normalized spacial score (nSPS) is 19.2. The van der Waals surface area contributed by atoms with Crippen molar-refractivity contribution >= 4 is 15.6 Å². The van der Waals surface area contributed by atoms with Gasteiger partial charge in [-0.2, -0.15) is 0 Å². The second-order valence-corrected chi connectivity index (χ2v) is 11.2. The van der Waals surface area contributed by atoms with Gasteiger partial charge in [-0.25, -0.2) is 13.1 Å². The fourth-order valence-electron chi connectivity index (χ4n) is 4.67. The molecule has 0 saturated heterocycles. The summed E-state index contributed by atoms with van der Waals surface area (Å²) >= 11 is 0. The summed E-state index contributed by atoms with van der Waals surface area (Å²) in [6.45, 7) is 8.71. The molecule has 32 heavy (non-hydrogen) atoms. The van der Waals surface area contributed by atoms with Crippen molar-refractivity contribution in [2.45, 2.75) is 71.4 Å². The highest BCUT2D eigenvalue weighted by molar-refractivity contribution is 7.89. The number of allylic oxidation sites excluding steroid dienone is 1. The smallest absolute Gasteiger partial charge is 0.211 e. The summed E-state index contributed by atoms with van der Waals surface area (Å²) in [5.41, 5.74) is 6.50. The lowest BCUT2D eigenvalue weighted by molar-refractivity contribution is 0.359. The maximum atomic E-state index is 11.9. The number of aryl methyl sites for hydroxylation is 1. The van der Waals surface area contributed by atoms with Gasteiger partial charge in [0, 0.05) is 24.5 Å². The first kappa shape index (κ1) is 24.7. The fourth-order valence-corrected chi connectivity index (χ4v) is 5.69. The topological polar surface area (TPSA) is 58.2 Å². The van der Waals surface area contributed by atoms with Crippen LogP contribution >= 0.6 is 0 Å². The van der Waals surface area contributed by atoms with Crippen molar-refractivity contribution in [3.8, 4) is 0 Å². The number of sulfonamides is 1. The zero-order valence-electron chi connectivity index (χ0n) is 19.9. The Morgan fingerprint density at radius 2 is 1.91 bits per heavy atom. The van der Waals surface area contributed by atoms with Gasteiger partial charge < -0.3 is 5.32 Å². The summed E-state index contributed by atoms with van der Waals surface area (Å²) < 4.78 is 26.5. The lowest BCUT2D eigenvalue weighted by atomic mass is 9.75. The maximum Gasteiger partial charge on any atom is 0.211 e. The summed E-state index contributed by atoms with van der Waals surface area (Å²) in [7, 11) is -3.19. The largest absolute Gasteiger partial charge is 0.311 e. The van der Waals surface area contributed by atoms with Crippen LogP contribution in [0.4, 0.5) is 0 Å². The van der Waals surface area contributed by atoms with Gasteiger partial charge >= 0.3 is 0 Å². The predicted molar refractivity (Wildman–Crippen MR) is 135 cm³/mol. The standard InChI is InChI=1S/C27H38N2O2S/c1-5-17-32(30,31)28-16-15-21(4)24-12-11-23-13-14-27(29-20(2)3)26(25(23)19-24)18-22-9-7-6-8-10-22/h6-12,15,19-20,26-29H,5,13-14,16-18H2,1-4H3/b21-15-. The molecule has 0 bridgehead atoms. The Morgan fingerprint density at radius 3 is 2.59 bits per heavy atom. The van der Waals surface area contributed by atoms with Crippen molar-refractivity contribution in [3.63, 3.8) is 0 Å². The van der Waals surface area contributed by atoms with Crippen LogP contribution in [0, 0.1) is 0 Å². The molecule has 0 amide bonds. The van der Waals surface area contributed by atoms with Gasteiger partial charge in [0.1, 0.15) is 0 Å². The second-order valence-electron chi connectivity index (χ2n) is 9.23. The van der Waals surface area contributed by atoms with E-state index in [0.29, 0.717) is 31.0 Å². The molecule has 2 N–H and O–H groups in total. The Kier molecular flexibility index (Phi) is 8.69. The van der Waals surface area contributed by atoms with E-state index >= 15 is 0 Å². The number of benzene rings is 2. The Hall–Kier alpha value is -1.95. The molecular formula is C27H38N2O2S. The lowest BCUT2D eigenvalue weighted by Gasteiger charge is -2.36. The highest BCUT2D eigenvalue weighted by atomic mass is 32.2. The highest BCUT2D eigenvalue weighted by Gasteiger charge is 2.30. The van der Waals surface area contributed by atoms with E-state index in [9.17, 15) is 8.42 Å². The number of nitrogens with one attached hydrogen (secondary N) is 2. The minimum atomic E-state index is -3.19. The van der Waals surface area contributed by atoms with E-state index < -0.39 is 10.0 Å². The number of fused-ring (bicyclic) bond motifs is 1. The zero-order chi connectivity index (χ0) is 23.1. The number of hydrogen-bond donors (Lipinski definition) is 2. The molecule has 2 aromatic carbocycles. The van der Waals surface area contributed by atoms with Crippen molar-refractivity contribution < 1.29 is 8.42 Å². The van der Waals surface area contributed by atoms with E-state index in [4.69, 9.17) is 0 Å². The molecule has 3 rings (SSSR count). The predicted octanol–water partition coefficient (Wildman–Crippen LogP) is 5.06. The Labute approximate surface area is 194 Å². The first-order valence-corrected chi connectivity index (χ1v) is 13.5. The molecule has 1 aliphatic carbocycles. The third kappa shape index (κ3) is 6.77. The summed E-state index contributed by atoms with van der Waals surface area (Å²) in [6.07, 6.45) is 5.85. The van der Waals surface area contributed by atoms with Crippen LogP contribution in [0.3, 0.4) is 0 Å². The number of hydrogen-bond acceptors (Lipinski definition) is 3. The Morgan fingerprint density at radius 1 is 1.16 bits per heavy atom. The van der Waals surface area contributed by atoms with Crippen molar-refractivity contribution in [1.29, 1.82) is 0 Å². The molecule has 0 radical (unpaired) electrons. The minimum absolute atomic E-state index is 0.171. The lowest BCUT2D eigenvalue weighted by Crippen LogP contribution is -2.42. The van der Waals surface area contributed by atoms with Crippen LogP contribution in [0.2, 0.25) is 0 Å². The molecule has 1 aliphatic rings. The van der Waals surface area contributed by atoms with E-state index in [-0.39, 0.29) is 5.75 Å². The summed E-state index contributed by atoms with van der Waals surface area (Å²) in [5.74, 6) is 0.587. The monoisotopic (exact) mass is 454 g/mol. The molecule has 2 atom stereocenters. The third-order valence-electron chi connectivity index (χ3n) is 6.24. The van der Waals surface area contributed by atoms with Crippen LogP contribution < -0.4 is 10.0 Å². The second kappa shape index (κ2) is 11.3. The first-order valence-electron chi connectivity index (χ1n) is 11.9. The van der Waals surface area contributed by atoms with Gasteiger partial charge in [-0.1, -0.05) is 75.4 Å². The molecule has 2 aromatic rings. The molecule has 5 heteroatoms. The van der Waals surface area contributed by atoms with Crippen LogP contribution in [0.15, 0.2) is 54.6 Å². The van der Waals surface area contributed by atoms with E-state index in [2.05, 4.69) is 79.3 Å². The summed E-state index contributed by atoms with van der Waals surface area (Å²) in [5, 5.41) is 3.81. The molecule has 4 nitrogen and oxygen atoms in total. The van der Waals surface area contributed by atoms with Crippen LogP contribution in [-0.2, 0) is 22.9 Å². The Balaban J connectivity index is 1.86. The maximum absolute atomic E-state index is 11.9.